The van der Waals surface area contributed by atoms with Gasteiger partial charge in [-0.05, 0) is 43.3 Å². The molecule has 3 aromatic carbocycles. The van der Waals surface area contributed by atoms with Crippen molar-refractivity contribution in [3.63, 3.8) is 0 Å². The number of nitrogens with zero attached hydrogens (tertiary/aromatic N) is 1. The highest BCUT2D eigenvalue weighted by Crippen LogP contribution is 2.46. The summed E-state index contributed by atoms with van der Waals surface area (Å²) in [5.41, 5.74) is 4.34. The molecule has 2 aromatic heterocycles. The first-order valence-corrected chi connectivity index (χ1v) is 11.6. The van der Waals surface area contributed by atoms with Gasteiger partial charge in [-0.2, -0.15) is 0 Å². The summed E-state index contributed by atoms with van der Waals surface area (Å²) >= 11 is 0. The van der Waals surface area contributed by atoms with Crippen molar-refractivity contribution < 1.29 is 19.4 Å². The van der Waals surface area contributed by atoms with Gasteiger partial charge in [-0.3, -0.25) is 14.5 Å². The van der Waals surface area contributed by atoms with E-state index < -0.39 is 17.7 Å². The molecular formula is C29H23N3O4. The Morgan fingerprint density at radius 3 is 2.31 bits per heavy atom. The first kappa shape index (κ1) is 21.7. The lowest BCUT2D eigenvalue weighted by molar-refractivity contribution is -0.132. The number of para-hydroxylation sites is 2. The highest BCUT2D eigenvalue weighted by atomic mass is 16.5. The monoisotopic (exact) mass is 477 g/mol. The molecular weight excluding hydrogens is 454 g/mol. The number of aryl methyl sites for hydroxylation is 1. The Morgan fingerprint density at radius 2 is 1.58 bits per heavy atom. The Kier molecular flexibility index (Phi) is 4.93. The van der Waals surface area contributed by atoms with E-state index >= 15 is 0 Å². The molecule has 1 aliphatic heterocycles. The maximum Gasteiger partial charge on any atom is 0.300 e. The molecule has 3 N–H and O–H groups in total. The Balaban J connectivity index is 1.64. The zero-order valence-electron chi connectivity index (χ0n) is 19.7. The second kappa shape index (κ2) is 8.16. The number of hydrogen-bond acceptors (Lipinski definition) is 4. The summed E-state index contributed by atoms with van der Waals surface area (Å²) in [6, 6.07) is 21.4. The van der Waals surface area contributed by atoms with Gasteiger partial charge in [0, 0.05) is 50.5 Å². The van der Waals surface area contributed by atoms with E-state index in [1.807, 2.05) is 55.5 Å². The molecule has 1 unspecified atom stereocenters. The van der Waals surface area contributed by atoms with E-state index in [-0.39, 0.29) is 11.3 Å². The topological polar surface area (TPSA) is 98.4 Å². The van der Waals surface area contributed by atoms with Gasteiger partial charge in [0.1, 0.15) is 11.5 Å². The number of carbonyl (C=O) groups is 2. The average Bonchev–Trinajstić information content (AvgIpc) is 3.55. The number of ketones is 1. The molecule has 3 heterocycles. The molecule has 0 radical (unpaired) electrons. The van der Waals surface area contributed by atoms with E-state index in [2.05, 4.69) is 9.97 Å². The molecule has 1 aliphatic rings. The molecule has 7 heteroatoms. The standard InChI is InChI=1S/C29H23N3O4/c1-16-24(20-8-4-6-10-23(20)31-16)26-25(27(33)21-15-30-22-9-5-3-7-19(21)22)28(34)29(35)32(26)17-11-13-18(36-2)14-12-17/h3-15,26,30-31,33H,1-2H3/b27-25+. The second-order valence-corrected chi connectivity index (χ2v) is 8.82. The second-order valence-electron chi connectivity index (χ2n) is 8.82. The van der Waals surface area contributed by atoms with Gasteiger partial charge in [-0.15, -0.1) is 0 Å². The number of ether oxygens (including phenoxy) is 1. The SMILES string of the molecule is COc1ccc(N2C(=O)C(=O)/C(=C(/O)c3c[nH]c4ccccc34)C2c2c(C)[nH]c3ccccc23)cc1. The smallest absolute Gasteiger partial charge is 0.300 e. The van der Waals surface area contributed by atoms with Crippen molar-refractivity contribution in [2.24, 2.45) is 0 Å². The van der Waals surface area contributed by atoms with Crippen LogP contribution in [0.2, 0.25) is 0 Å². The quantitative estimate of drug-likeness (QED) is 0.178. The predicted molar refractivity (Wildman–Crippen MR) is 139 cm³/mol. The number of benzene rings is 3. The van der Waals surface area contributed by atoms with Gasteiger partial charge in [0.15, 0.2) is 0 Å². The molecule has 178 valence electrons. The number of carbonyl (C=O) groups excluding carboxylic acids is 2. The van der Waals surface area contributed by atoms with Gasteiger partial charge in [0.25, 0.3) is 11.7 Å². The number of nitrogens with one attached hydrogen (secondary N) is 2. The lowest BCUT2D eigenvalue weighted by Gasteiger charge is -2.26. The number of H-pyrrole nitrogens is 2. The molecule has 1 saturated heterocycles. The molecule has 1 atom stereocenters. The van der Waals surface area contributed by atoms with E-state index in [0.717, 1.165) is 33.1 Å². The van der Waals surface area contributed by atoms with Crippen molar-refractivity contribution in [1.82, 2.24) is 9.97 Å². The number of aliphatic hydroxyl groups excluding tert-OH is 1. The number of amides is 1. The fraction of sp³-hybridized carbons (Fsp3) is 0.103. The van der Waals surface area contributed by atoms with Gasteiger partial charge < -0.3 is 19.8 Å². The normalized spacial score (nSPS) is 17.4. The maximum atomic E-state index is 13.6. The number of hydrogen-bond donors (Lipinski definition) is 3. The van der Waals surface area contributed by atoms with E-state index in [1.165, 1.54) is 4.90 Å². The van der Waals surface area contributed by atoms with Crippen LogP contribution in [0.5, 0.6) is 5.75 Å². The number of Topliss-reactive ketones (excluding diaryl/α,β-unsaturated/α-hetero) is 1. The molecule has 1 amide bonds. The summed E-state index contributed by atoms with van der Waals surface area (Å²) in [6.07, 6.45) is 1.67. The van der Waals surface area contributed by atoms with Crippen LogP contribution in [0.4, 0.5) is 5.69 Å². The van der Waals surface area contributed by atoms with E-state index in [9.17, 15) is 14.7 Å². The largest absolute Gasteiger partial charge is 0.507 e. The van der Waals surface area contributed by atoms with Gasteiger partial charge in [-0.25, -0.2) is 0 Å². The van der Waals surface area contributed by atoms with Crippen LogP contribution >= 0.6 is 0 Å². The fourth-order valence-corrected chi connectivity index (χ4v) is 5.18. The molecule has 0 bridgehead atoms. The zero-order valence-corrected chi connectivity index (χ0v) is 19.7. The number of fused-ring (bicyclic) bond motifs is 2. The van der Waals surface area contributed by atoms with Crippen molar-refractivity contribution in [2.45, 2.75) is 13.0 Å². The summed E-state index contributed by atoms with van der Waals surface area (Å²) in [7, 11) is 1.57. The average molecular weight is 478 g/mol. The molecule has 36 heavy (non-hydrogen) atoms. The van der Waals surface area contributed by atoms with E-state index in [4.69, 9.17) is 4.74 Å². The third-order valence-electron chi connectivity index (χ3n) is 6.86. The van der Waals surface area contributed by atoms with Gasteiger partial charge in [-0.1, -0.05) is 36.4 Å². The number of aliphatic hydroxyl groups is 1. The minimum atomic E-state index is -0.830. The van der Waals surface area contributed by atoms with Crippen LogP contribution in [0.15, 0.2) is 84.6 Å². The van der Waals surface area contributed by atoms with Crippen molar-refractivity contribution in [2.75, 3.05) is 12.0 Å². The summed E-state index contributed by atoms with van der Waals surface area (Å²) in [5, 5.41) is 13.2. The van der Waals surface area contributed by atoms with Crippen molar-refractivity contribution in [3.8, 4) is 5.75 Å². The minimum absolute atomic E-state index is 0.0495. The third kappa shape index (κ3) is 3.13. The third-order valence-corrected chi connectivity index (χ3v) is 6.86. The molecule has 0 saturated carbocycles. The van der Waals surface area contributed by atoms with Crippen molar-refractivity contribution in [1.29, 1.82) is 0 Å². The van der Waals surface area contributed by atoms with Crippen LogP contribution < -0.4 is 9.64 Å². The van der Waals surface area contributed by atoms with Crippen LogP contribution in [-0.4, -0.2) is 33.9 Å². The van der Waals surface area contributed by atoms with Crippen LogP contribution in [0.25, 0.3) is 27.6 Å². The summed E-state index contributed by atoms with van der Waals surface area (Å²) in [6.45, 7) is 1.91. The zero-order chi connectivity index (χ0) is 25.0. The lowest BCUT2D eigenvalue weighted by atomic mass is 9.93. The Labute approximate surface area is 206 Å². The van der Waals surface area contributed by atoms with Gasteiger partial charge in [0.05, 0.1) is 18.7 Å². The maximum absolute atomic E-state index is 13.6. The lowest BCUT2D eigenvalue weighted by Crippen LogP contribution is -2.29. The van der Waals surface area contributed by atoms with Gasteiger partial charge >= 0.3 is 0 Å². The molecule has 1 fully saturated rings. The number of aromatic nitrogens is 2. The minimum Gasteiger partial charge on any atom is -0.507 e. The number of aromatic amines is 2. The first-order valence-electron chi connectivity index (χ1n) is 11.6. The fourth-order valence-electron chi connectivity index (χ4n) is 5.18. The molecule has 5 aromatic rings. The molecule has 0 spiro atoms. The number of anilines is 1. The van der Waals surface area contributed by atoms with E-state index in [0.29, 0.717) is 17.0 Å². The first-order chi connectivity index (χ1) is 17.5. The highest BCUT2D eigenvalue weighted by molar-refractivity contribution is 6.52. The molecule has 7 nitrogen and oxygen atoms in total. The molecule has 6 rings (SSSR count). The van der Waals surface area contributed by atoms with Gasteiger partial charge in [0.2, 0.25) is 0 Å². The van der Waals surface area contributed by atoms with Crippen LogP contribution in [0, 0.1) is 6.92 Å². The molecule has 0 aliphatic carbocycles. The van der Waals surface area contributed by atoms with Crippen LogP contribution in [-0.2, 0) is 9.59 Å². The Bertz CT molecular complexity index is 1690. The van der Waals surface area contributed by atoms with Crippen LogP contribution in [0.1, 0.15) is 22.9 Å². The summed E-state index contributed by atoms with van der Waals surface area (Å²) in [4.78, 5) is 35.1. The summed E-state index contributed by atoms with van der Waals surface area (Å²) in [5.74, 6) is -1.01. The number of methoxy groups -OCH3 is 1. The van der Waals surface area contributed by atoms with E-state index in [1.54, 1.807) is 37.6 Å². The summed E-state index contributed by atoms with van der Waals surface area (Å²) < 4.78 is 5.28. The van der Waals surface area contributed by atoms with Crippen molar-refractivity contribution >= 4 is 44.9 Å². The number of rotatable bonds is 4. The van der Waals surface area contributed by atoms with Crippen LogP contribution in [0.3, 0.4) is 0 Å². The predicted octanol–water partition coefficient (Wildman–Crippen LogP) is 5.59. The van der Waals surface area contributed by atoms with Crippen molar-refractivity contribution in [3.05, 3.63) is 101 Å². The Hall–Kier alpha value is -4.78. The highest BCUT2D eigenvalue weighted by Gasteiger charge is 2.48. The Morgan fingerprint density at radius 1 is 0.917 bits per heavy atom.